The molecule has 0 radical (unpaired) electrons. The zero-order valence-electron chi connectivity index (χ0n) is 18.5. The largest absolute Gasteiger partial charge is 0.378 e. The van der Waals surface area contributed by atoms with Crippen molar-refractivity contribution in [2.45, 2.75) is 13.8 Å². The van der Waals surface area contributed by atoms with Crippen LogP contribution >= 0.6 is 23.2 Å². The molecule has 0 fully saturated rings. The van der Waals surface area contributed by atoms with E-state index in [-0.39, 0.29) is 17.4 Å². The Morgan fingerprint density at radius 3 is 2.29 bits per heavy atom. The monoisotopic (exact) mass is 503 g/mol. The van der Waals surface area contributed by atoms with E-state index in [0.717, 1.165) is 0 Å². The summed E-state index contributed by atoms with van der Waals surface area (Å²) in [6, 6.07) is 11.5. The summed E-state index contributed by atoms with van der Waals surface area (Å²) < 4.78 is 0. The molecule has 0 atom stereocenters. The van der Waals surface area contributed by atoms with Crippen LogP contribution in [0.3, 0.4) is 0 Å². The molecule has 0 saturated carbocycles. The zero-order chi connectivity index (χ0) is 24.8. The number of benzene rings is 1. The van der Waals surface area contributed by atoms with Gasteiger partial charge in [0.15, 0.2) is 0 Å². The Labute approximate surface area is 206 Å². The van der Waals surface area contributed by atoms with Gasteiger partial charge in [0.2, 0.25) is 11.7 Å². The van der Waals surface area contributed by atoms with Crippen molar-refractivity contribution in [3.05, 3.63) is 62.6 Å². The van der Waals surface area contributed by atoms with Crippen LogP contribution in [0.15, 0.2) is 42.5 Å². The molecule has 1 amide bonds. The van der Waals surface area contributed by atoms with Crippen LogP contribution < -0.4 is 21.3 Å². The van der Waals surface area contributed by atoms with Gasteiger partial charge in [-0.25, -0.2) is 9.97 Å². The molecular formula is C22H23Cl2N7O3. The van der Waals surface area contributed by atoms with Crippen LogP contribution in [0, 0.1) is 10.1 Å². The molecule has 0 spiro atoms. The first-order valence-electron chi connectivity index (χ1n) is 10.3. The average molecular weight is 504 g/mol. The number of nitrogens with one attached hydrogen (secondary N) is 2. The fraction of sp³-hybridized carbons (Fsp3) is 0.227. The second kappa shape index (κ2) is 11.0. The van der Waals surface area contributed by atoms with Gasteiger partial charge in [-0.05, 0) is 43.3 Å². The van der Waals surface area contributed by atoms with Crippen LogP contribution in [0.5, 0.6) is 0 Å². The quantitative estimate of drug-likeness (QED) is 0.214. The first kappa shape index (κ1) is 25.0. The van der Waals surface area contributed by atoms with Gasteiger partial charge in [-0.2, -0.15) is 0 Å². The number of halogens is 2. The van der Waals surface area contributed by atoms with Crippen molar-refractivity contribution < 1.29 is 9.72 Å². The van der Waals surface area contributed by atoms with Crippen molar-refractivity contribution in [2.24, 2.45) is 0 Å². The summed E-state index contributed by atoms with van der Waals surface area (Å²) >= 11 is 12.5. The van der Waals surface area contributed by atoms with E-state index >= 15 is 0 Å². The fourth-order valence-corrected chi connectivity index (χ4v) is 3.81. The van der Waals surface area contributed by atoms with Crippen molar-refractivity contribution in [1.29, 1.82) is 0 Å². The summed E-state index contributed by atoms with van der Waals surface area (Å²) in [5.74, 6) is 0.718. The van der Waals surface area contributed by atoms with Crippen molar-refractivity contribution in [3.63, 3.8) is 0 Å². The van der Waals surface area contributed by atoms with E-state index in [4.69, 9.17) is 33.9 Å². The number of anilines is 4. The minimum Gasteiger partial charge on any atom is -0.378 e. The Balaban J connectivity index is 1.78. The summed E-state index contributed by atoms with van der Waals surface area (Å²) in [6.45, 7) is 4.75. The molecule has 0 aliphatic rings. The van der Waals surface area contributed by atoms with Gasteiger partial charge in [-0.15, -0.1) is 0 Å². The number of nitrogens with zero attached hydrogens (tertiary/aromatic N) is 4. The molecule has 0 aliphatic heterocycles. The molecule has 1 aromatic carbocycles. The lowest BCUT2D eigenvalue weighted by molar-refractivity contribution is -0.384. The minimum atomic E-state index is -0.584. The minimum absolute atomic E-state index is 0.115. The van der Waals surface area contributed by atoms with E-state index in [1.807, 2.05) is 13.0 Å². The molecule has 0 saturated heterocycles. The Hall–Kier alpha value is -3.63. The molecule has 2 aromatic heterocycles. The molecule has 34 heavy (non-hydrogen) atoms. The van der Waals surface area contributed by atoms with Gasteiger partial charge in [0.25, 0.3) is 0 Å². The van der Waals surface area contributed by atoms with Crippen LogP contribution in [0.2, 0.25) is 10.0 Å². The topological polar surface area (TPSA) is 139 Å². The summed E-state index contributed by atoms with van der Waals surface area (Å²) in [4.78, 5) is 32.7. The van der Waals surface area contributed by atoms with Gasteiger partial charge < -0.3 is 21.3 Å². The first-order chi connectivity index (χ1) is 16.2. The Morgan fingerprint density at radius 2 is 1.74 bits per heavy atom. The predicted octanol–water partition coefficient (Wildman–Crippen LogP) is 4.84. The van der Waals surface area contributed by atoms with E-state index in [9.17, 15) is 14.9 Å². The van der Waals surface area contributed by atoms with Gasteiger partial charge in [0.1, 0.15) is 11.6 Å². The Kier molecular flexibility index (Phi) is 8.08. The maximum Gasteiger partial charge on any atom is 0.311 e. The van der Waals surface area contributed by atoms with Crippen LogP contribution in [-0.4, -0.2) is 40.4 Å². The van der Waals surface area contributed by atoms with Gasteiger partial charge in [0, 0.05) is 43.2 Å². The second-order valence-corrected chi connectivity index (χ2v) is 8.01. The molecule has 2 heterocycles. The number of rotatable bonds is 9. The number of nitrogens with two attached hydrogens (primary N) is 1. The highest BCUT2D eigenvalue weighted by Gasteiger charge is 2.19. The maximum atomic E-state index is 12.2. The number of carbonyl (C=O) groups excluding carboxylic acids is 1. The molecule has 3 aromatic rings. The molecule has 3 rings (SSSR count). The average Bonchev–Trinajstić information content (AvgIpc) is 2.77. The van der Waals surface area contributed by atoms with Crippen LogP contribution in [0.25, 0.3) is 11.3 Å². The first-order valence-corrected chi connectivity index (χ1v) is 11.1. The molecule has 10 nitrogen and oxygen atoms in total. The van der Waals surface area contributed by atoms with Gasteiger partial charge in [0.05, 0.1) is 21.3 Å². The molecule has 0 aliphatic carbocycles. The smallest absolute Gasteiger partial charge is 0.311 e. The van der Waals surface area contributed by atoms with E-state index in [2.05, 4.69) is 15.6 Å². The number of hydrogen-bond acceptors (Lipinski definition) is 8. The van der Waals surface area contributed by atoms with E-state index in [0.29, 0.717) is 58.3 Å². The standard InChI is InChI=1S/C22H23Cl2N7O3/c1-3-30(13(2)32)17-6-8-19(28-21(17)15-5-4-14(23)12-16(15)24)26-10-11-27-20-9-7-18(31(33)34)22(25)29-20/h4-9,12H,3,10-11H2,1-2H3,(H,26,28)(H3,25,27,29). The lowest BCUT2D eigenvalue weighted by Crippen LogP contribution is -2.28. The third-order valence-corrected chi connectivity index (χ3v) is 5.43. The molecule has 178 valence electrons. The molecule has 12 heteroatoms. The van der Waals surface area contributed by atoms with Crippen molar-refractivity contribution in [3.8, 4) is 11.3 Å². The Morgan fingerprint density at radius 1 is 1.09 bits per heavy atom. The number of carbonyl (C=O) groups is 1. The number of amides is 1. The molecule has 0 unspecified atom stereocenters. The molecule has 4 N–H and O–H groups in total. The number of nitrogen functional groups attached to an aromatic ring is 1. The summed E-state index contributed by atoms with van der Waals surface area (Å²) in [5, 5.41) is 18.0. The van der Waals surface area contributed by atoms with E-state index in [1.54, 1.807) is 29.2 Å². The van der Waals surface area contributed by atoms with E-state index < -0.39 is 4.92 Å². The van der Waals surface area contributed by atoms with Crippen molar-refractivity contribution in [2.75, 3.05) is 40.9 Å². The normalized spacial score (nSPS) is 10.6. The lowest BCUT2D eigenvalue weighted by atomic mass is 10.1. The number of aromatic nitrogens is 2. The molecule has 0 bridgehead atoms. The third-order valence-electron chi connectivity index (χ3n) is 4.88. The zero-order valence-corrected chi connectivity index (χ0v) is 20.0. The van der Waals surface area contributed by atoms with Gasteiger partial charge in [-0.3, -0.25) is 14.9 Å². The highest BCUT2D eigenvalue weighted by molar-refractivity contribution is 6.36. The van der Waals surface area contributed by atoms with Crippen molar-refractivity contribution >= 4 is 57.9 Å². The van der Waals surface area contributed by atoms with Crippen LogP contribution in [-0.2, 0) is 4.79 Å². The van der Waals surface area contributed by atoms with Gasteiger partial charge in [-0.1, -0.05) is 23.2 Å². The third kappa shape index (κ3) is 5.83. The van der Waals surface area contributed by atoms with Crippen LogP contribution in [0.1, 0.15) is 13.8 Å². The fourth-order valence-electron chi connectivity index (χ4n) is 3.31. The number of hydrogen-bond donors (Lipinski definition) is 3. The Bertz CT molecular complexity index is 1220. The SMILES string of the molecule is CCN(C(C)=O)c1ccc(NCCNc2ccc([N+](=O)[O-])c(N)n2)nc1-c1ccc(Cl)cc1Cl. The number of nitro groups is 1. The highest BCUT2D eigenvalue weighted by Crippen LogP contribution is 2.36. The van der Waals surface area contributed by atoms with Crippen molar-refractivity contribution in [1.82, 2.24) is 9.97 Å². The summed E-state index contributed by atoms with van der Waals surface area (Å²) in [6.07, 6.45) is 0. The maximum absolute atomic E-state index is 12.2. The van der Waals surface area contributed by atoms with Gasteiger partial charge >= 0.3 is 5.69 Å². The summed E-state index contributed by atoms with van der Waals surface area (Å²) in [5.41, 5.74) is 7.20. The highest BCUT2D eigenvalue weighted by atomic mass is 35.5. The number of pyridine rings is 2. The predicted molar refractivity (Wildman–Crippen MR) is 136 cm³/mol. The van der Waals surface area contributed by atoms with E-state index in [1.165, 1.54) is 19.1 Å². The van der Waals surface area contributed by atoms with Crippen LogP contribution in [0.4, 0.5) is 28.8 Å². The summed E-state index contributed by atoms with van der Waals surface area (Å²) in [7, 11) is 0. The molecular weight excluding hydrogens is 481 g/mol. The lowest BCUT2D eigenvalue weighted by Gasteiger charge is -2.23. The second-order valence-electron chi connectivity index (χ2n) is 7.16.